The molecule has 1 saturated heterocycles. The molecule has 7 nitrogen and oxygen atoms in total. The van der Waals surface area contributed by atoms with Crippen LogP contribution in [0.3, 0.4) is 0 Å². The molecule has 0 aliphatic carbocycles. The zero-order valence-electron chi connectivity index (χ0n) is 12.4. The number of hydrogen-bond acceptors (Lipinski definition) is 4. The number of carboxylic acid groups (broad SMARTS) is 1. The van der Waals surface area contributed by atoms with Crippen molar-refractivity contribution in [2.24, 2.45) is 0 Å². The fourth-order valence-corrected chi connectivity index (χ4v) is 2.31. The summed E-state index contributed by atoms with van der Waals surface area (Å²) in [7, 11) is 0. The van der Waals surface area contributed by atoms with Gasteiger partial charge in [-0.25, -0.2) is 4.79 Å². The standard InChI is InChI=1S/C13H23N3O4/c1-5-13(6-2,10(18)19)14-7-8-16-9(17)12(3,4)15-11(16)20/h14H,5-8H2,1-4H3,(H,15,20)(H,18,19). The molecule has 0 unspecified atom stereocenters. The Morgan fingerprint density at radius 1 is 1.35 bits per heavy atom. The summed E-state index contributed by atoms with van der Waals surface area (Å²) in [4.78, 5) is 36.1. The largest absolute Gasteiger partial charge is 0.480 e. The van der Waals surface area contributed by atoms with Crippen LogP contribution >= 0.6 is 0 Å². The molecule has 1 aliphatic rings. The maximum absolute atomic E-state index is 12.0. The van der Waals surface area contributed by atoms with E-state index in [2.05, 4.69) is 10.6 Å². The minimum absolute atomic E-state index is 0.156. The normalized spacial score (nSPS) is 18.3. The maximum Gasteiger partial charge on any atom is 0.325 e. The van der Waals surface area contributed by atoms with Gasteiger partial charge in [0.1, 0.15) is 11.1 Å². The summed E-state index contributed by atoms with van der Waals surface area (Å²) >= 11 is 0. The molecule has 0 bridgehead atoms. The number of aliphatic carboxylic acids is 1. The second-order valence-corrected chi connectivity index (χ2v) is 5.53. The SMILES string of the molecule is CCC(CC)(NCCN1C(=O)NC(C)(C)C1=O)C(=O)O. The first kappa shape index (κ1) is 16.4. The van der Waals surface area contributed by atoms with Crippen LogP contribution < -0.4 is 10.6 Å². The van der Waals surface area contributed by atoms with Crippen molar-refractivity contribution in [2.45, 2.75) is 51.6 Å². The first-order valence-electron chi connectivity index (χ1n) is 6.82. The maximum atomic E-state index is 12.0. The molecule has 0 aromatic carbocycles. The Labute approximate surface area is 118 Å². The van der Waals surface area contributed by atoms with Crippen molar-refractivity contribution in [1.29, 1.82) is 0 Å². The molecule has 3 N–H and O–H groups in total. The van der Waals surface area contributed by atoms with Gasteiger partial charge in [0.25, 0.3) is 5.91 Å². The lowest BCUT2D eigenvalue weighted by Gasteiger charge is -2.29. The van der Waals surface area contributed by atoms with Gasteiger partial charge in [0, 0.05) is 13.1 Å². The van der Waals surface area contributed by atoms with E-state index < -0.39 is 23.1 Å². The van der Waals surface area contributed by atoms with E-state index in [-0.39, 0.29) is 19.0 Å². The van der Waals surface area contributed by atoms with E-state index in [1.807, 2.05) is 0 Å². The van der Waals surface area contributed by atoms with Crippen molar-refractivity contribution < 1.29 is 19.5 Å². The number of rotatable bonds is 7. The molecular weight excluding hydrogens is 262 g/mol. The van der Waals surface area contributed by atoms with E-state index in [9.17, 15) is 19.5 Å². The van der Waals surface area contributed by atoms with Crippen LogP contribution in [0.5, 0.6) is 0 Å². The number of urea groups is 1. The van der Waals surface area contributed by atoms with Crippen LogP contribution in [0.25, 0.3) is 0 Å². The summed E-state index contributed by atoms with van der Waals surface area (Å²) in [6.45, 7) is 7.27. The zero-order valence-corrected chi connectivity index (χ0v) is 12.4. The second kappa shape index (κ2) is 5.78. The third-order valence-corrected chi connectivity index (χ3v) is 3.86. The van der Waals surface area contributed by atoms with Gasteiger partial charge < -0.3 is 15.7 Å². The lowest BCUT2D eigenvalue weighted by atomic mass is 9.93. The summed E-state index contributed by atoms with van der Waals surface area (Å²) in [5.74, 6) is -1.21. The number of carboxylic acids is 1. The molecule has 0 radical (unpaired) electrons. The monoisotopic (exact) mass is 285 g/mol. The van der Waals surface area contributed by atoms with Crippen molar-refractivity contribution >= 4 is 17.9 Å². The molecular formula is C13H23N3O4. The molecule has 20 heavy (non-hydrogen) atoms. The van der Waals surface area contributed by atoms with E-state index in [4.69, 9.17) is 0 Å². The number of hydrogen-bond donors (Lipinski definition) is 3. The Hall–Kier alpha value is -1.63. The Bertz CT molecular complexity index is 416. The van der Waals surface area contributed by atoms with Gasteiger partial charge in [-0.2, -0.15) is 0 Å². The van der Waals surface area contributed by atoms with Gasteiger partial charge in [-0.05, 0) is 26.7 Å². The molecule has 114 valence electrons. The average Bonchev–Trinajstić information content (AvgIpc) is 2.56. The first-order valence-corrected chi connectivity index (χ1v) is 6.82. The highest BCUT2D eigenvalue weighted by molar-refractivity contribution is 6.06. The predicted molar refractivity (Wildman–Crippen MR) is 73.3 cm³/mol. The van der Waals surface area contributed by atoms with E-state index in [1.54, 1.807) is 27.7 Å². The van der Waals surface area contributed by atoms with Crippen molar-refractivity contribution in [2.75, 3.05) is 13.1 Å². The highest BCUT2D eigenvalue weighted by atomic mass is 16.4. The zero-order chi connectivity index (χ0) is 15.6. The molecule has 3 amide bonds. The lowest BCUT2D eigenvalue weighted by Crippen LogP contribution is -2.53. The first-order chi connectivity index (χ1) is 9.20. The number of nitrogens with one attached hydrogen (secondary N) is 2. The van der Waals surface area contributed by atoms with E-state index in [1.165, 1.54) is 0 Å². The van der Waals surface area contributed by atoms with Crippen molar-refractivity contribution in [1.82, 2.24) is 15.5 Å². The minimum Gasteiger partial charge on any atom is -0.480 e. The van der Waals surface area contributed by atoms with Crippen LogP contribution in [-0.2, 0) is 9.59 Å². The fourth-order valence-electron chi connectivity index (χ4n) is 2.31. The van der Waals surface area contributed by atoms with Gasteiger partial charge >= 0.3 is 12.0 Å². The van der Waals surface area contributed by atoms with Crippen molar-refractivity contribution in [3.05, 3.63) is 0 Å². The quantitative estimate of drug-likeness (QED) is 0.593. The van der Waals surface area contributed by atoms with Gasteiger partial charge in [-0.1, -0.05) is 13.8 Å². The van der Waals surface area contributed by atoms with E-state index >= 15 is 0 Å². The molecule has 0 aromatic rings. The van der Waals surface area contributed by atoms with Crippen LogP contribution in [0, 0.1) is 0 Å². The van der Waals surface area contributed by atoms with Gasteiger partial charge in [0.05, 0.1) is 0 Å². The third kappa shape index (κ3) is 2.92. The van der Waals surface area contributed by atoms with Gasteiger partial charge in [-0.15, -0.1) is 0 Å². The smallest absolute Gasteiger partial charge is 0.325 e. The van der Waals surface area contributed by atoms with Crippen LogP contribution in [0.2, 0.25) is 0 Å². The highest BCUT2D eigenvalue weighted by Gasteiger charge is 2.44. The number of nitrogens with zero attached hydrogens (tertiary/aromatic N) is 1. The Kier molecular flexibility index (Phi) is 4.75. The molecule has 0 saturated carbocycles. The summed E-state index contributed by atoms with van der Waals surface area (Å²) < 4.78 is 0. The minimum atomic E-state index is -1.01. The molecule has 0 aromatic heterocycles. The number of carbonyl (C=O) groups excluding carboxylic acids is 2. The summed E-state index contributed by atoms with van der Waals surface area (Å²) in [6.07, 6.45) is 0.870. The van der Waals surface area contributed by atoms with Gasteiger partial charge in [0.15, 0.2) is 0 Å². The number of carbonyl (C=O) groups is 3. The molecule has 0 spiro atoms. The molecule has 1 fully saturated rings. The fraction of sp³-hybridized carbons (Fsp3) is 0.769. The molecule has 1 rings (SSSR count). The van der Waals surface area contributed by atoms with Crippen LogP contribution in [-0.4, -0.2) is 52.1 Å². The number of imide groups is 1. The van der Waals surface area contributed by atoms with Gasteiger partial charge in [-0.3, -0.25) is 14.5 Å². The Morgan fingerprint density at radius 2 is 1.90 bits per heavy atom. The lowest BCUT2D eigenvalue weighted by molar-refractivity contribution is -0.145. The van der Waals surface area contributed by atoms with E-state index in [0.29, 0.717) is 12.8 Å². The summed E-state index contributed by atoms with van der Waals surface area (Å²) in [5.41, 5.74) is -1.90. The van der Waals surface area contributed by atoms with Crippen molar-refractivity contribution in [3.63, 3.8) is 0 Å². The predicted octanol–water partition coefficient (Wildman–Crippen LogP) is 0.550. The molecule has 1 heterocycles. The second-order valence-electron chi connectivity index (χ2n) is 5.53. The summed E-state index contributed by atoms with van der Waals surface area (Å²) in [5, 5.41) is 14.8. The molecule has 7 heteroatoms. The summed E-state index contributed by atoms with van der Waals surface area (Å²) in [6, 6.07) is -0.435. The molecule has 1 aliphatic heterocycles. The highest BCUT2D eigenvalue weighted by Crippen LogP contribution is 2.17. The average molecular weight is 285 g/mol. The molecule has 0 atom stereocenters. The van der Waals surface area contributed by atoms with E-state index in [0.717, 1.165) is 4.90 Å². The number of amides is 3. The Balaban J connectivity index is 2.63. The van der Waals surface area contributed by atoms with Crippen LogP contribution in [0.15, 0.2) is 0 Å². The van der Waals surface area contributed by atoms with Crippen LogP contribution in [0.4, 0.5) is 4.79 Å². The van der Waals surface area contributed by atoms with Crippen LogP contribution in [0.1, 0.15) is 40.5 Å². The topological polar surface area (TPSA) is 98.7 Å². The Morgan fingerprint density at radius 3 is 2.25 bits per heavy atom. The van der Waals surface area contributed by atoms with Crippen molar-refractivity contribution in [3.8, 4) is 0 Å². The third-order valence-electron chi connectivity index (χ3n) is 3.86. The van der Waals surface area contributed by atoms with Gasteiger partial charge in [0.2, 0.25) is 0 Å².